The third kappa shape index (κ3) is 1.32. The molecule has 3 heterocycles. The van der Waals surface area contributed by atoms with Crippen LogP contribution in [0.4, 0.5) is 5.69 Å². The topological polar surface area (TPSA) is 46.6 Å². The SMILES string of the molecule is Cc1ccccc1N1C(=O)[C@@H]2[C@H](C1=O)[C@H]1CC[C@H]2O1. The van der Waals surface area contributed by atoms with E-state index in [9.17, 15) is 9.59 Å². The zero-order valence-corrected chi connectivity index (χ0v) is 10.7. The minimum atomic E-state index is -0.245. The maximum atomic E-state index is 12.6. The average molecular weight is 257 g/mol. The van der Waals surface area contributed by atoms with Crippen molar-refractivity contribution >= 4 is 17.5 Å². The number of carbonyl (C=O) groups excluding carboxylic acids is 2. The Morgan fingerprint density at radius 1 is 1.05 bits per heavy atom. The van der Waals surface area contributed by atoms with Crippen LogP contribution >= 0.6 is 0 Å². The summed E-state index contributed by atoms with van der Waals surface area (Å²) >= 11 is 0. The Labute approximate surface area is 111 Å². The van der Waals surface area contributed by atoms with E-state index in [0.29, 0.717) is 0 Å². The minimum Gasteiger partial charge on any atom is -0.373 e. The van der Waals surface area contributed by atoms with Crippen LogP contribution in [0, 0.1) is 18.8 Å². The highest BCUT2D eigenvalue weighted by Crippen LogP contribution is 2.49. The van der Waals surface area contributed by atoms with Gasteiger partial charge in [0, 0.05) is 0 Å². The fraction of sp³-hybridized carbons (Fsp3) is 0.467. The van der Waals surface area contributed by atoms with Crippen LogP contribution in [-0.2, 0) is 14.3 Å². The summed E-state index contributed by atoms with van der Waals surface area (Å²) in [7, 11) is 0. The molecule has 0 saturated carbocycles. The normalized spacial score (nSPS) is 36.2. The van der Waals surface area contributed by atoms with Gasteiger partial charge in [0.25, 0.3) is 0 Å². The maximum Gasteiger partial charge on any atom is 0.240 e. The molecule has 3 aliphatic heterocycles. The second-order valence-corrected chi connectivity index (χ2v) is 5.64. The predicted octanol–water partition coefficient (Wildman–Crippen LogP) is 1.66. The molecule has 0 aromatic heterocycles. The standard InChI is InChI=1S/C15H15NO3/c1-8-4-2-3-5-9(8)16-14(17)12-10-6-7-11(19-10)13(12)15(16)18/h2-5,10-13H,6-7H2,1H3/t10-,11-,12-,13+/m1/s1. The van der Waals surface area contributed by atoms with E-state index < -0.39 is 0 Å². The Kier molecular flexibility index (Phi) is 2.16. The Balaban J connectivity index is 1.78. The van der Waals surface area contributed by atoms with Gasteiger partial charge in [0.1, 0.15) is 0 Å². The van der Waals surface area contributed by atoms with Crippen LogP contribution in [0.2, 0.25) is 0 Å². The van der Waals surface area contributed by atoms with Gasteiger partial charge < -0.3 is 4.74 Å². The summed E-state index contributed by atoms with van der Waals surface area (Å²) < 4.78 is 5.73. The number of imide groups is 1. The van der Waals surface area contributed by atoms with Crippen molar-refractivity contribution in [1.82, 2.24) is 0 Å². The van der Waals surface area contributed by atoms with Crippen molar-refractivity contribution in [3.8, 4) is 0 Å². The molecule has 1 aromatic carbocycles. The monoisotopic (exact) mass is 257 g/mol. The molecule has 0 unspecified atom stereocenters. The van der Waals surface area contributed by atoms with Crippen LogP contribution in [0.1, 0.15) is 18.4 Å². The van der Waals surface area contributed by atoms with Crippen molar-refractivity contribution < 1.29 is 14.3 Å². The van der Waals surface area contributed by atoms with Crippen molar-refractivity contribution in [1.29, 1.82) is 0 Å². The van der Waals surface area contributed by atoms with Crippen molar-refractivity contribution in [2.24, 2.45) is 11.8 Å². The highest BCUT2D eigenvalue weighted by atomic mass is 16.5. The molecule has 3 fully saturated rings. The molecule has 4 nitrogen and oxygen atoms in total. The van der Waals surface area contributed by atoms with Crippen molar-refractivity contribution in [2.45, 2.75) is 32.0 Å². The van der Waals surface area contributed by atoms with Gasteiger partial charge in [-0.1, -0.05) is 18.2 Å². The lowest BCUT2D eigenvalue weighted by molar-refractivity contribution is -0.124. The summed E-state index contributed by atoms with van der Waals surface area (Å²) in [5.74, 6) is -0.635. The Morgan fingerprint density at radius 2 is 1.63 bits per heavy atom. The summed E-state index contributed by atoms with van der Waals surface area (Å²) in [5, 5.41) is 0. The van der Waals surface area contributed by atoms with Crippen LogP contribution < -0.4 is 4.90 Å². The fourth-order valence-electron chi connectivity index (χ4n) is 3.76. The van der Waals surface area contributed by atoms with Gasteiger partial charge in [-0.25, -0.2) is 4.90 Å². The van der Waals surface area contributed by atoms with Gasteiger partial charge in [-0.2, -0.15) is 0 Å². The highest BCUT2D eigenvalue weighted by molar-refractivity contribution is 6.23. The van der Waals surface area contributed by atoms with Crippen LogP contribution in [0.15, 0.2) is 24.3 Å². The van der Waals surface area contributed by atoms with Crippen LogP contribution in [-0.4, -0.2) is 24.0 Å². The number of anilines is 1. The molecule has 4 atom stereocenters. The second-order valence-electron chi connectivity index (χ2n) is 5.64. The smallest absolute Gasteiger partial charge is 0.240 e. The zero-order valence-electron chi connectivity index (χ0n) is 10.7. The van der Waals surface area contributed by atoms with Gasteiger partial charge in [-0.05, 0) is 31.4 Å². The van der Waals surface area contributed by atoms with E-state index in [0.717, 1.165) is 24.1 Å². The molecule has 4 heteroatoms. The largest absolute Gasteiger partial charge is 0.373 e. The van der Waals surface area contributed by atoms with Crippen molar-refractivity contribution in [2.75, 3.05) is 4.90 Å². The number of aryl methyl sites for hydroxylation is 1. The van der Waals surface area contributed by atoms with Gasteiger partial charge in [0.05, 0.1) is 29.7 Å². The first-order chi connectivity index (χ1) is 9.18. The first-order valence-electron chi connectivity index (χ1n) is 6.77. The lowest BCUT2D eigenvalue weighted by atomic mass is 9.81. The van der Waals surface area contributed by atoms with Gasteiger partial charge >= 0.3 is 0 Å². The second kappa shape index (κ2) is 3.67. The number of nitrogens with zero attached hydrogens (tertiary/aromatic N) is 1. The molecule has 3 saturated heterocycles. The summed E-state index contributed by atoms with van der Waals surface area (Å²) in [6, 6.07) is 7.55. The Morgan fingerprint density at radius 3 is 2.21 bits per heavy atom. The third-order valence-electron chi connectivity index (χ3n) is 4.64. The lowest BCUT2D eigenvalue weighted by Gasteiger charge is -2.19. The van der Waals surface area contributed by atoms with Crippen LogP contribution in [0.5, 0.6) is 0 Å². The molecule has 19 heavy (non-hydrogen) atoms. The first-order valence-corrected chi connectivity index (χ1v) is 6.77. The molecule has 3 aliphatic rings. The molecule has 2 bridgehead atoms. The number of fused-ring (bicyclic) bond motifs is 5. The average Bonchev–Trinajstić information content (AvgIpc) is 3.06. The highest BCUT2D eigenvalue weighted by Gasteiger charge is 2.62. The summed E-state index contributed by atoms with van der Waals surface area (Å²) in [6.45, 7) is 1.93. The van der Waals surface area contributed by atoms with E-state index in [1.807, 2.05) is 31.2 Å². The van der Waals surface area contributed by atoms with E-state index in [1.54, 1.807) is 0 Å². The first kappa shape index (κ1) is 11.2. The van der Waals surface area contributed by atoms with Crippen LogP contribution in [0.25, 0.3) is 0 Å². The molecular formula is C15H15NO3. The van der Waals surface area contributed by atoms with E-state index in [4.69, 9.17) is 4.74 Å². The molecule has 1 aromatic rings. The number of amides is 2. The summed E-state index contributed by atoms with van der Waals surface area (Å²) in [4.78, 5) is 26.5. The number of hydrogen-bond donors (Lipinski definition) is 0. The molecular weight excluding hydrogens is 242 g/mol. The summed E-state index contributed by atoms with van der Waals surface area (Å²) in [6.07, 6.45) is 1.74. The van der Waals surface area contributed by atoms with Crippen molar-refractivity contribution in [3.05, 3.63) is 29.8 Å². The quantitative estimate of drug-likeness (QED) is 0.719. The fourth-order valence-corrected chi connectivity index (χ4v) is 3.76. The Bertz CT molecular complexity index is 555. The van der Waals surface area contributed by atoms with Gasteiger partial charge in [-0.15, -0.1) is 0 Å². The van der Waals surface area contributed by atoms with Gasteiger partial charge in [0.15, 0.2) is 0 Å². The molecule has 0 N–H and O–H groups in total. The Hall–Kier alpha value is -1.68. The molecule has 2 amide bonds. The van der Waals surface area contributed by atoms with E-state index in [-0.39, 0.29) is 35.9 Å². The summed E-state index contributed by atoms with van der Waals surface area (Å²) in [5.41, 5.74) is 1.68. The van der Waals surface area contributed by atoms with Crippen LogP contribution in [0.3, 0.4) is 0 Å². The molecule has 4 rings (SSSR count). The van der Waals surface area contributed by atoms with E-state index in [1.165, 1.54) is 4.90 Å². The number of rotatable bonds is 1. The zero-order chi connectivity index (χ0) is 13.1. The van der Waals surface area contributed by atoms with E-state index in [2.05, 4.69) is 0 Å². The van der Waals surface area contributed by atoms with Gasteiger partial charge in [-0.3, -0.25) is 9.59 Å². The molecule has 98 valence electrons. The number of para-hydroxylation sites is 1. The molecule has 0 spiro atoms. The lowest BCUT2D eigenvalue weighted by Crippen LogP contribution is -2.34. The predicted molar refractivity (Wildman–Crippen MR) is 68.5 cm³/mol. The van der Waals surface area contributed by atoms with Gasteiger partial charge in [0.2, 0.25) is 11.8 Å². The maximum absolute atomic E-state index is 12.6. The molecule has 0 radical (unpaired) electrons. The van der Waals surface area contributed by atoms with Crippen molar-refractivity contribution in [3.63, 3.8) is 0 Å². The number of hydrogen-bond acceptors (Lipinski definition) is 3. The molecule has 0 aliphatic carbocycles. The van der Waals surface area contributed by atoms with E-state index >= 15 is 0 Å². The third-order valence-corrected chi connectivity index (χ3v) is 4.64. The number of benzene rings is 1. The minimum absolute atomic E-state index is 0.0412. The number of ether oxygens (including phenoxy) is 1. The number of carbonyl (C=O) groups is 2.